The first kappa shape index (κ1) is 18.6. The molecular formula is C21H16N6O4. The molecule has 0 spiro atoms. The lowest BCUT2D eigenvalue weighted by Crippen LogP contribution is -2.25. The molecule has 10 nitrogen and oxygen atoms in total. The van der Waals surface area contributed by atoms with Crippen molar-refractivity contribution in [3.05, 3.63) is 93.2 Å². The Balaban J connectivity index is 1.68. The third-order valence-electron chi connectivity index (χ3n) is 5.23. The Morgan fingerprint density at radius 3 is 2.39 bits per heavy atom. The van der Waals surface area contributed by atoms with Crippen LogP contribution in [0.25, 0.3) is 22.4 Å². The van der Waals surface area contributed by atoms with Crippen molar-refractivity contribution in [2.75, 3.05) is 0 Å². The van der Waals surface area contributed by atoms with Crippen molar-refractivity contribution in [3.8, 4) is 5.69 Å². The van der Waals surface area contributed by atoms with Gasteiger partial charge in [-0.1, -0.05) is 12.1 Å². The zero-order chi connectivity index (χ0) is 21.7. The number of carboxylic acids is 1. The summed E-state index contributed by atoms with van der Waals surface area (Å²) >= 11 is 0. The third-order valence-corrected chi connectivity index (χ3v) is 5.23. The number of para-hydroxylation sites is 2. The van der Waals surface area contributed by atoms with E-state index in [4.69, 9.17) is 5.11 Å². The minimum absolute atomic E-state index is 0.105. The van der Waals surface area contributed by atoms with Gasteiger partial charge in [-0.2, -0.15) is 0 Å². The van der Waals surface area contributed by atoms with Gasteiger partial charge >= 0.3 is 11.7 Å². The fourth-order valence-corrected chi connectivity index (χ4v) is 3.63. The molecule has 0 amide bonds. The van der Waals surface area contributed by atoms with Crippen LogP contribution < -0.4 is 11.2 Å². The molecule has 31 heavy (non-hydrogen) atoms. The van der Waals surface area contributed by atoms with Crippen molar-refractivity contribution in [2.45, 2.75) is 6.54 Å². The van der Waals surface area contributed by atoms with E-state index in [1.807, 2.05) is 24.3 Å². The summed E-state index contributed by atoms with van der Waals surface area (Å²) in [6, 6.07) is 13.4. The van der Waals surface area contributed by atoms with Crippen LogP contribution in [0.2, 0.25) is 0 Å². The van der Waals surface area contributed by atoms with Crippen molar-refractivity contribution in [3.63, 3.8) is 0 Å². The van der Waals surface area contributed by atoms with Crippen molar-refractivity contribution in [2.24, 2.45) is 7.05 Å². The first-order valence-electron chi connectivity index (χ1n) is 9.39. The van der Waals surface area contributed by atoms with E-state index in [1.165, 1.54) is 21.3 Å². The molecule has 0 aliphatic rings. The van der Waals surface area contributed by atoms with Gasteiger partial charge in [0.1, 0.15) is 0 Å². The van der Waals surface area contributed by atoms with Crippen LogP contribution in [0.15, 0.2) is 70.5 Å². The maximum absolute atomic E-state index is 13.4. The number of carbonyl (C=O) groups is 1. The first-order valence-corrected chi connectivity index (χ1v) is 9.39. The number of aryl methyl sites for hydroxylation is 1. The molecule has 0 fully saturated rings. The maximum Gasteiger partial charge on any atom is 0.335 e. The van der Waals surface area contributed by atoms with Crippen LogP contribution in [-0.4, -0.2) is 39.4 Å². The number of hydrogen-bond acceptors (Lipinski definition) is 5. The van der Waals surface area contributed by atoms with Crippen LogP contribution in [0.4, 0.5) is 0 Å². The van der Waals surface area contributed by atoms with Crippen molar-refractivity contribution < 1.29 is 9.90 Å². The average Bonchev–Trinajstić information content (AvgIpc) is 3.30. The van der Waals surface area contributed by atoms with Gasteiger partial charge in [-0.05, 0) is 36.4 Å². The SMILES string of the molecule is Cn1ccn2c(Cn3c(=O)n(-c4ccc(C(=O)O)cc4)c4ccccc43)nnc2c1=O. The molecule has 0 aliphatic carbocycles. The number of imidazole rings is 1. The second-order valence-electron chi connectivity index (χ2n) is 7.07. The van der Waals surface area contributed by atoms with Gasteiger partial charge in [0, 0.05) is 19.4 Å². The van der Waals surface area contributed by atoms with Crippen LogP contribution in [0.3, 0.4) is 0 Å². The van der Waals surface area contributed by atoms with Gasteiger partial charge in [-0.15, -0.1) is 10.2 Å². The largest absolute Gasteiger partial charge is 0.478 e. The summed E-state index contributed by atoms with van der Waals surface area (Å²) in [7, 11) is 1.63. The Morgan fingerprint density at radius 2 is 1.68 bits per heavy atom. The molecule has 0 unspecified atom stereocenters. The van der Waals surface area contributed by atoms with E-state index in [0.717, 1.165) is 0 Å². The second kappa shape index (κ2) is 6.80. The molecule has 3 aromatic heterocycles. The molecule has 154 valence electrons. The van der Waals surface area contributed by atoms with E-state index >= 15 is 0 Å². The zero-order valence-corrected chi connectivity index (χ0v) is 16.3. The Hall–Kier alpha value is -4.47. The van der Waals surface area contributed by atoms with E-state index in [9.17, 15) is 14.4 Å². The van der Waals surface area contributed by atoms with Crippen LogP contribution >= 0.6 is 0 Å². The van der Waals surface area contributed by atoms with E-state index < -0.39 is 5.97 Å². The molecule has 3 heterocycles. The molecule has 0 aliphatic heterocycles. The summed E-state index contributed by atoms with van der Waals surface area (Å²) in [5.41, 5.74) is 1.61. The highest BCUT2D eigenvalue weighted by Crippen LogP contribution is 2.19. The summed E-state index contributed by atoms with van der Waals surface area (Å²) < 4.78 is 6.05. The molecular weight excluding hydrogens is 400 g/mol. The number of nitrogens with zero attached hydrogens (tertiary/aromatic N) is 6. The zero-order valence-electron chi connectivity index (χ0n) is 16.3. The number of fused-ring (bicyclic) bond motifs is 2. The van der Waals surface area contributed by atoms with E-state index in [0.29, 0.717) is 22.5 Å². The highest BCUT2D eigenvalue weighted by atomic mass is 16.4. The highest BCUT2D eigenvalue weighted by Gasteiger charge is 2.18. The lowest BCUT2D eigenvalue weighted by atomic mass is 10.2. The van der Waals surface area contributed by atoms with Crippen molar-refractivity contribution in [1.82, 2.24) is 28.3 Å². The summed E-state index contributed by atoms with van der Waals surface area (Å²) in [5.74, 6) is -0.593. The van der Waals surface area contributed by atoms with Crippen molar-refractivity contribution in [1.29, 1.82) is 0 Å². The van der Waals surface area contributed by atoms with Crippen LogP contribution in [0.5, 0.6) is 0 Å². The number of aromatic nitrogens is 6. The van der Waals surface area contributed by atoms with Gasteiger partial charge in [0.15, 0.2) is 5.82 Å². The Morgan fingerprint density at radius 1 is 0.968 bits per heavy atom. The van der Waals surface area contributed by atoms with Crippen molar-refractivity contribution >= 4 is 22.6 Å². The summed E-state index contributed by atoms with van der Waals surface area (Å²) in [6.07, 6.45) is 3.29. The topological polar surface area (TPSA) is 116 Å². The predicted octanol–water partition coefficient (Wildman–Crippen LogP) is 1.28. The highest BCUT2D eigenvalue weighted by molar-refractivity contribution is 5.88. The van der Waals surface area contributed by atoms with Gasteiger partial charge in [-0.25, -0.2) is 9.59 Å². The summed E-state index contributed by atoms with van der Waals surface area (Å²) in [6.45, 7) is 0.105. The average molecular weight is 416 g/mol. The predicted molar refractivity (Wildman–Crippen MR) is 112 cm³/mol. The Labute approximate surface area is 173 Å². The molecule has 2 aromatic carbocycles. The van der Waals surface area contributed by atoms with Crippen LogP contribution in [0.1, 0.15) is 16.2 Å². The molecule has 0 radical (unpaired) electrons. The summed E-state index contributed by atoms with van der Waals surface area (Å²) in [5, 5.41) is 17.2. The fourth-order valence-electron chi connectivity index (χ4n) is 3.63. The number of benzene rings is 2. The molecule has 5 aromatic rings. The normalized spacial score (nSPS) is 11.4. The lowest BCUT2D eigenvalue weighted by Gasteiger charge is -2.04. The smallest absolute Gasteiger partial charge is 0.335 e. The minimum Gasteiger partial charge on any atom is -0.478 e. The van der Waals surface area contributed by atoms with Gasteiger partial charge in [0.05, 0.1) is 28.8 Å². The number of aromatic carboxylic acids is 1. The molecule has 1 N–H and O–H groups in total. The van der Waals surface area contributed by atoms with Gasteiger partial charge < -0.3 is 9.67 Å². The van der Waals surface area contributed by atoms with E-state index in [1.54, 1.807) is 40.5 Å². The van der Waals surface area contributed by atoms with E-state index in [-0.39, 0.29) is 29.0 Å². The first-order chi connectivity index (χ1) is 15.0. The Bertz CT molecular complexity index is 1590. The van der Waals surface area contributed by atoms with Gasteiger partial charge in [-0.3, -0.25) is 18.3 Å². The summed E-state index contributed by atoms with van der Waals surface area (Å²) in [4.78, 5) is 36.8. The second-order valence-corrected chi connectivity index (χ2v) is 7.07. The molecule has 10 heteroatoms. The molecule has 0 saturated heterocycles. The van der Waals surface area contributed by atoms with Gasteiger partial charge in [0.2, 0.25) is 5.65 Å². The fraction of sp³-hybridized carbons (Fsp3) is 0.0952. The monoisotopic (exact) mass is 416 g/mol. The molecule has 0 atom stereocenters. The Kier molecular flexibility index (Phi) is 4.07. The number of hydrogen-bond donors (Lipinski definition) is 1. The standard InChI is InChI=1S/C21H16N6O4/c1-24-10-11-25-17(22-23-18(25)19(24)28)12-26-15-4-2-3-5-16(15)27(21(26)31)14-8-6-13(7-9-14)20(29)30/h2-11H,12H2,1H3,(H,29,30). The molecule has 0 bridgehead atoms. The maximum atomic E-state index is 13.4. The van der Waals surface area contributed by atoms with Crippen LogP contribution in [-0.2, 0) is 13.6 Å². The third kappa shape index (κ3) is 2.84. The van der Waals surface area contributed by atoms with E-state index in [2.05, 4.69) is 10.2 Å². The van der Waals surface area contributed by atoms with Crippen LogP contribution in [0, 0.1) is 0 Å². The molecule has 0 saturated carbocycles. The minimum atomic E-state index is -1.04. The number of rotatable bonds is 4. The lowest BCUT2D eigenvalue weighted by molar-refractivity contribution is 0.0697. The van der Waals surface area contributed by atoms with Gasteiger partial charge in [0.25, 0.3) is 5.56 Å². The molecule has 5 rings (SSSR count). The number of carboxylic acid groups (broad SMARTS) is 1. The quantitative estimate of drug-likeness (QED) is 0.472.